The normalized spacial score (nSPS) is 15.8. The van der Waals surface area contributed by atoms with Crippen LogP contribution in [-0.2, 0) is 6.18 Å². The van der Waals surface area contributed by atoms with E-state index < -0.39 is 17.6 Å². The molecule has 0 unspecified atom stereocenters. The van der Waals surface area contributed by atoms with Crippen molar-refractivity contribution in [1.82, 2.24) is 14.5 Å². The van der Waals surface area contributed by atoms with Crippen molar-refractivity contribution in [3.8, 4) is 0 Å². The molecule has 1 saturated heterocycles. The fraction of sp³-hybridized carbons (Fsp3) is 0.333. The minimum absolute atomic E-state index is 0.0152. The van der Waals surface area contributed by atoms with Crippen LogP contribution in [0.5, 0.6) is 0 Å². The lowest BCUT2D eigenvalue weighted by molar-refractivity contribution is -0.137. The molecule has 152 valence electrons. The number of carbonyl (C=O) groups excluding carboxylic acids is 1. The zero-order valence-corrected chi connectivity index (χ0v) is 15.7. The fourth-order valence-corrected chi connectivity index (χ4v) is 3.99. The zero-order valence-electron chi connectivity index (χ0n) is 15.7. The van der Waals surface area contributed by atoms with E-state index >= 15 is 0 Å². The third-order valence-corrected chi connectivity index (χ3v) is 5.41. The third-order valence-electron chi connectivity index (χ3n) is 5.41. The quantitative estimate of drug-likeness (QED) is 0.564. The number of amides is 1. The number of benzene rings is 2. The molecular formula is C21H19F4N3O. The van der Waals surface area contributed by atoms with Gasteiger partial charge in [0.25, 0.3) is 5.91 Å². The second kappa shape index (κ2) is 7.17. The van der Waals surface area contributed by atoms with Crippen molar-refractivity contribution < 1.29 is 22.4 Å². The van der Waals surface area contributed by atoms with Crippen LogP contribution in [0.15, 0.2) is 42.5 Å². The molecule has 29 heavy (non-hydrogen) atoms. The highest BCUT2D eigenvalue weighted by Gasteiger charge is 2.32. The molecule has 8 heteroatoms. The number of rotatable bonds is 2. The summed E-state index contributed by atoms with van der Waals surface area (Å²) in [5.41, 5.74) is 0.284. The van der Waals surface area contributed by atoms with Crippen molar-refractivity contribution in [3.05, 3.63) is 65.2 Å². The van der Waals surface area contributed by atoms with Crippen LogP contribution in [0.3, 0.4) is 0 Å². The molecule has 4 rings (SSSR count). The number of piperidine rings is 1. The van der Waals surface area contributed by atoms with E-state index in [1.54, 1.807) is 17.9 Å². The molecule has 1 aliphatic rings. The average Bonchev–Trinajstić information content (AvgIpc) is 3.02. The largest absolute Gasteiger partial charge is 0.416 e. The van der Waals surface area contributed by atoms with Crippen LogP contribution >= 0.6 is 0 Å². The zero-order chi connectivity index (χ0) is 20.8. The van der Waals surface area contributed by atoms with E-state index in [-0.39, 0.29) is 17.5 Å². The molecule has 1 fully saturated rings. The molecule has 0 aliphatic carbocycles. The van der Waals surface area contributed by atoms with Gasteiger partial charge in [-0.2, -0.15) is 13.2 Å². The molecule has 4 nitrogen and oxygen atoms in total. The second-order valence-electron chi connectivity index (χ2n) is 7.23. The number of carbonyl (C=O) groups is 1. The predicted molar refractivity (Wildman–Crippen MR) is 100 cm³/mol. The molecule has 0 bridgehead atoms. The van der Waals surface area contributed by atoms with Crippen LogP contribution in [0.4, 0.5) is 17.6 Å². The van der Waals surface area contributed by atoms with Gasteiger partial charge in [0.1, 0.15) is 11.6 Å². The van der Waals surface area contributed by atoms with Gasteiger partial charge >= 0.3 is 6.18 Å². The van der Waals surface area contributed by atoms with Crippen molar-refractivity contribution in [3.63, 3.8) is 0 Å². The Balaban J connectivity index is 1.54. The van der Waals surface area contributed by atoms with Gasteiger partial charge in [0.05, 0.1) is 22.2 Å². The predicted octanol–water partition coefficient (Wildman–Crippen LogP) is 4.98. The number of aryl methyl sites for hydroxylation is 1. The molecule has 1 aliphatic heterocycles. The first-order valence-corrected chi connectivity index (χ1v) is 9.35. The molecule has 0 N–H and O–H groups in total. The van der Waals surface area contributed by atoms with Crippen molar-refractivity contribution >= 4 is 16.9 Å². The number of aromatic nitrogens is 2. The average molecular weight is 405 g/mol. The van der Waals surface area contributed by atoms with E-state index in [1.165, 1.54) is 24.3 Å². The van der Waals surface area contributed by atoms with E-state index in [4.69, 9.17) is 0 Å². The van der Waals surface area contributed by atoms with Crippen molar-refractivity contribution in [2.45, 2.75) is 32.0 Å². The Bertz CT molecular complexity index is 1070. The molecule has 2 heterocycles. The number of hydrogen-bond donors (Lipinski definition) is 0. The summed E-state index contributed by atoms with van der Waals surface area (Å²) in [6, 6.07) is 9.49. The lowest BCUT2D eigenvalue weighted by atomic mass is 10.0. The first-order chi connectivity index (χ1) is 13.8. The smallest absolute Gasteiger partial charge is 0.338 e. The first-order valence-electron chi connectivity index (χ1n) is 9.35. The van der Waals surface area contributed by atoms with Crippen LogP contribution in [0.25, 0.3) is 11.0 Å². The standard InChI is InChI=1S/C21H19F4N3O/c1-13-26-18-12-14(21(23,24)25)6-7-19(18)28(13)15-8-10-27(11-9-15)20(29)16-4-2-3-5-17(16)22/h2-7,12,15H,8-11H2,1H3. The van der Waals surface area contributed by atoms with Gasteiger partial charge in [0.15, 0.2) is 0 Å². The number of fused-ring (bicyclic) bond motifs is 1. The van der Waals surface area contributed by atoms with Gasteiger partial charge in [-0.25, -0.2) is 9.37 Å². The third kappa shape index (κ3) is 3.59. The lowest BCUT2D eigenvalue weighted by Gasteiger charge is -2.33. The molecule has 1 amide bonds. The monoisotopic (exact) mass is 405 g/mol. The topological polar surface area (TPSA) is 38.1 Å². The summed E-state index contributed by atoms with van der Waals surface area (Å²) in [6.07, 6.45) is -3.18. The lowest BCUT2D eigenvalue weighted by Crippen LogP contribution is -2.39. The number of halogens is 4. The maximum Gasteiger partial charge on any atom is 0.416 e. The summed E-state index contributed by atoms with van der Waals surface area (Å²) in [5.74, 6) is -0.252. The van der Waals surface area contributed by atoms with Gasteiger partial charge in [0.2, 0.25) is 0 Å². The van der Waals surface area contributed by atoms with Gasteiger partial charge in [-0.15, -0.1) is 0 Å². The molecule has 0 spiro atoms. The Morgan fingerprint density at radius 2 is 1.79 bits per heavy atom. The molecule has 3 aromatic rings. The first kappa shape index (κ1) is 19.4. The minimum Gasteiger partial charge on any atom is -0.338 e. The molecule has 1 aromatic heterocycles. The molecule has 0 saturated carbocycles. The Morgan fingerprint density at radius 1 is 1.10 bits per heavy atom. The number of imidazole rings is 1. The van der Waals surface area contributed by atoms with Crippen LogP contribution < -0.4 is 0 Å². The van der Waals surface area contributed by atoms with E-state index in [2.05, 4.69) is 4.98 Å². The second-order valence-corrected chi connectivity index (χ2v) is 7.23. The molecule has 0 atom stereocenters. The van der Waals surface area contributed by atoms with Gasteiger partial charge in [-0.3, -0.25) is 4.79 Å². The van der Waals surface area contributed by atoms with Gasteiger partial charge < -0.3 is 9.47 Å². The van der Waals surface area contributed by atoms with Crippen molar-refractivity contribution in [1.29, 1.82) is 0 Å². The number of likely N-dealkylation sites (tertiary alicyclic amines) is 1. The van der Waals surface area contributed by atoms with Crippen LogP contribution in [0.1, 0.15) is 40.6 Å². The summed E-state index contributed by atoms with van der Waals surface area (Å²) in [5, 5.41) is 0. The van der Waals surface area contributed by atoms with Crippen LogP contribution in [-0.4, -0.2) is 33.4 Å². The van der Waals surface area contributed by atoms with E-state index in [0.29, 0.717) is 42.8 Å². The summed E-state index contributed by atoms with van der Waals surface area (Å²) in [7, 11) is 0. The maximum absolute atomic E-state index is 13.9. The molecule has 2 aromatic carbocycles. The van der Waals surface area contributed by atoms with Crippen LogP contribution in [0.2, 0.25) is 0 Å². The van der Waals surface area contributed by atoms with Gasteiger partial charge in [-0.05, 0) is 50.1 Å². The molecular weight excluding hydrogens is 386 g/mol. The summed E-state index contributed by atoms with van der Waals surface area (Å²) >= 11 is 0. The Kier molecular flexibility index (Phi) is 4.80. The van der Waals surface area contributed by atoms with Crippen LogP contribution in [0, 0.1) is 12.7 Å². The Labute approximate surface area is 164 Å². The Hall–Kier alpha value is -2.90. The van der Waals surface area contributed by atoms with Crippen molar-refractivity contribution in [2.24, 2.45) is 0 Å². The highest BCUT2D eigenvalue weighted by atomic mass is 19.4. The highest BCUT2D eigenvalue weighted by molar-refractivity contribution is 5.94. The van der Waals surface area contributed by atoms with E-state index in [9.17, 15) is 22.4 Å². The number of hydrogen-bond acceptors (Lipinski definition) is 2. The van der Waals surface area contributed by atoms with Gasteiger partial charge in [-0.1, -0.05) is 12.1 Å². The SMILES string of the molecule is Cc1nc2cc(C(F)(F)F)ccc2n1C1CCN(C(=O)c2ccccc2F)CC1. The number of nitrogens with zero attached hydrogens (tertiary/aromatic N) is 3. The highest BCUT2D eigenvalue weighted by Crippen LogP contribution is 2.34. The van der Waals surface area contributed by atoms with E-state index in [1.807, 2.05) is 4.57 Å². The molecule has 0 radical (unpaired) electrons. The minimum atomic E-state index is -4.41. The van der Waals surface area contributed by atoms with Crippen molar-refractivity contribution in [2.75, 3.05) is 13.1 Å². The maximum atomic E-state index is 13.9. The van der Waals surface area contributed by atoms with Gasteiger partial charge in [0, 0.05) is 19.1 Å². The summed E-state index contributed by atoms with van der Waals surface area (Å²) < 4.78 is 54.7. The van der Waals surface area contributed by atoms with E-state index in [0.717, 1.165) is 12.1 Å². The number of alkyl halides is 3. The fourth-order valence-electron chi connectivity index (χ4n) is 3.99. The Morgan fingerprint density at radius 3 is 2.45 bits per heavy atom. The summed E-state index contributed by atoms with van der Waals surface area (Å²) in [6.45, 7) is 2.65. The summed E-state index contributed by atoms with van der Waals surface area (Å²) in [4.78, 5) is 18.5.